The van der Waals surface area contributed by atoms with Crippen molar-refractivity contribution >= 4 is 57.8 Å². The van der Waals surface area contributed by atoms with Crippen LogP contribution in [0.4, 0.5) is 11.4 Å². The number of hydrogen-bond donors (Lipinski definition) is 2. The minimum atomic E-state index is -0.653. The van der Waals surface area contributed by atoms with Gasteiger partial charge in [-0.25, -0.2) is 0 Å². The molecule has 2 N–H and O–H groups in total. The van der Waals surface area contributed by atoms with Gasteiger partial charge < -0.3 is 20.0 Å². The molecule has 168 valence electrons. The first-order valence-corrected chi connectivity index (χ1v) is 12.2. The maximum Gasteiger partial charge on any atom is 0.128 e. The van der Waals surface area contributed by atoms with Gasteiger partial charge in [0.2, 0.25) is 0 Å². The molecule has 0 aromatic heterocycles. The summed E-state index contributed by atoms with van der Waals surface area (Å²) in [5.41, 5.74) is 1.89. The van der Waals surface area contributed by atoms with Crippen LogP contribution in [-0.2, 0) is 0 Å². The average molecular weight is 504 g/mol. The van der Waals surface area contributed by atoms with Crippen LogP contribution in [0.5, 0.6) is 0 Å². The molecular formula is C23H26Cl4N2O2. The molecule has 0 aliphatic carbocycles. The lowest BCUT2D eigenvalue weighted by Gasteiger charge is -2.41. The van der Waals surface area contributed by atoms with Crippen molar-refractivity contribution in [2.45, 2.75) is 60.8 Å². The molecule has 2 saturated heterocycles. The molecule has 4 rings (SSSR count). The third kappa shape index (κ3) is 4.75. The first-order chi connectivity index (χ1) is 14.9. The molecule has 5 unspecified atom stereocenters. The first kappa shape index (κ1) is 23.3. The van der Waals surface area contributed by atoms with Crippen molar-refractivity contribution < 1.29 is 10.2 Å². The van der Waals surface area contributed by atoms with Gasteiger partial charge in [0.1, 0.15) is 4.84 Å². The zero-order chi connectivity index (χ0) is 22.1. The summed E-state index contributed by atoms with van der Waals surface area (Å²) in [5.74, 6) is 0. The van der Waals surface area contributed by atoms with E-state index in [1.807, 2.05) is 48.5 Å². The normalized spacial score (nSPS) is 27.3. The summed E-state index contributed by atoms with van der Waals surface area (Å²) in [6.07, 6.45) is 2.51. The Labute approximate surface area is 203 Å². The van der Waals surface area contributed by atoms with Crippen LogP contribution >= 0.6 is 46.4 Å². The fraction of sp³-hybridized carbons (Fsp3) is 0.478. The van der Waals surface area contributed by atoms with Crippen LogP contribution in [0.3, 0.4) is 0 Å². The molecular weight excluding hydrogens is 478 g/mol. The van der Waals surface area contributed by atoms with Gasteiger partial charge in [0, 0.05) is 21.4 Å². The van der Waals surface area contributed by atoms with Gasteiger partial charge in [-0.1, -0.05) is 23.2 Å². The molecule has 0 amide bonds. The van der Waals surface area contributed by atoms with E-state index in [1.165, 1.54) is 0 Å². The Morgan fingerprint density at radius 1 is 0.742 bits per heavy atom. The van der Waals surface area contributed by atoms with Gasteiger partial charge in [-0.05, 0) is 74.2 Å². The summed E-state index contributed by atoms with van der Waals surface area (Å²) in [6, 6.07) is 14.7. The van der Waals surface area contributed by atoms with E-state index in [-0.39, 0.29) is 30.8 Å². The van der Waals surface area contributed by atoms with Crippen LogP contribution < -0.4 is 9.80 Å². The lowest BCUT2D eigenvalue weighted by Crippen LogP contribution is -2.54. The Morgan fingerprint density at radius 3 is 1.71 bits per heavy atom. The molecule has 5 atom stereocenters. The summed E-state index contributed by atoms with van der Waals surface area (Å²) in [5, 5.41) is 22.9. The smallest absolute Gasteiger partial charge is 0.128 e. The van der Waals surface area contributed by atoms with Gasteiger partial charge >= 0.3 is 0 Å². The molecule has 2 fully saturated rings. The number of anilines is 2. The van der Waals surface area contributed by atoms with Crippen molar-refractivity contribution in [1.82, 2.24) is 0 Å². The molecule has 0 radical (unpaired) electrons. The molecule has 2 aliphatic rings. The summed E-state index contributed by atoms with van der Waals surface area (Å²) in [6.45, 7) is 0.0332. The van der Waals surface area contributed by atoms with Gasteiger partial charge in [-0.2, -0.15) is 0 Å². The topological polar surface area (TPSA) is 46.9 Å². The molecule has 2 aromatic rings. The van der Waals surface area contributed by atoms with Crippen LogP contribution in [-0.4, -0.2) is 51.9 Å². The second-order valence-electron chi connectivity index (χ2n) is 8.29. The van der Waals surface area contributed by atoms with E-state index in [0.717, 1.165) is 37.1 Å². The Hall–Kier alpha value is -0.880. The van der Waals surface area contributed by atoms with Crippen molar-refractivity contribution in [1.29, 1.82) is 0 Å². The quantitative estimate of drug-likeness (QED) is 0.509. The Morgan fingerprint density at radius 2 is 1.19 bits per heavy atom. The Bertz CT molecular complexity index is 865. The molecule has 4 nitrogen and oxygen atoms in total. The third-order valence-electron chi connectivity index (χ3n) is 6.56. The monoisotopic (exact) mass is 502 g/mol. The highest BCUT2D eigenvalue weighted by Crippen LogP contribution is 2.41. The Kier molecular flexibility index (Phi) is 7.47. The number of alkyl halides is 2. The van der Waals surface area contributed by atoms with Gasteiger partial charge in [-0.3, -0.25) is 0 Å². The van der Waals surface area contributed by atoms with Gasteiger partial charge in [0.05, 0.1) is 36.9 Å². The summed E-state index contributed by atoms with van der Waals surface area (Å²) < 4.78 is 0. The fourth-order valence-electron chi connectivity index (χ4n) is 5.14. The lowest BCUT2D eigenvalue weighted by molar-refractivity contribution is 0.115. The minimum Gasteiger partial charge on any atom is -0.394 e. The Balaban J connectivity index is 1.64. The maximum atomic E-state index is 11.6. The van der Waals surface area contributed by atoms with Gasteiger partial charge in [-0.15, -0.1) is 23.2 Å². The van der Waals surface area contributed by atoms with Crippen LogP contribution in [0.15, 0.2) is 48.5 Å². The highest BCUT2D eigenvalue weighted by atomic mass is 35.5. The molecule has 8 heteroatoms. The van der Waals surface area contributed by atoms with E-state index in [1.54, 1.807) is 0 Å². The fourth-order valence-corrected chi connectivity index (χ4v) is 5.89. The van der Waals surface area contributed by atoms with E-state index in [4.69, 9.17) is 46.4 Å². The molecule has 2 aromatic carbocycles. The zero-order valence-corrected chi connectivity index (χ0v) is 19.9. The van der Waals surface area contributed by atoms with Crippen LogP contribution in [0.2, 0.25) is 10.0 Å². The highest BCUT2D eigenvalue weighted by molar-refractivity contribution is 6.45. The minimum absolute atomic E-state index is 0.0332. The van der Waals surface area contributed by atoms with Crippen molar-refractivity contribution in [2.24, 2.45) is 0 Å². The molecule has 31 heavy (non-hydrogen) atoms. The average Bonchev–Trinajstić information content (AvgIpc) is 3.39. The van der Waals surface area contributed by atoms with E-state index < -0.39 is 10.9 Å². The van der Waals surface area contributed by atoms with E-state index in [9.17, 15) is 10.2 Å². The molecule has 0 saturated carbocycles. The van der Waals surface area contributed by atoms with Gasteiger partial charge in [0.15, 0.2) is 0 Å². The van der Waals surface area contributed by atoms with Gasteiger partial charge in [0.25, 0.3) is 0 Å². The molecule has 0 spiro atoms. The van der Waals surface area contributed by atoms with Crippen LogP contribution in [0.1, 0.15) is 25.7 Å². The van der Waals surface area contributed by atoms with Crippen molar-refractivity contribution in [2.75, 3.05) is 16.4 Å². The summed E-state index contributed by atoms with van der Waals surface area (Å²) >= 11 is 24.8. The second-order valence-corrected chi connectivity index (χ2v) is 10.3. The number of aliphatic hydroxyl groups excluding tert-OH is 2. The second kappa shape index (κ2) is 9.94. The number of hydrogen-bond acceptors (Lipinski definition) is 4. The largest absolute Gasteiger partial charge is 0.394 e. The van der Waals surface area contributed by atoms with Crippen LogP contribution in [0, 0.1) is 0 Å². The van der Waals surface area contributed by atoms with E-state index >= 15 is 0 Å². The van der Waals surface area contributed by atoms with Crippen molar-refractivity contribution in [3.05, 3.63) is 58.6 Å². The summed E-state index contributed by atoms with van der Waals surface area (Å²) in [7, 11) is 0. The predicted octanol–water partition coefficient (Wildman–Crippen LogP) is 5.53. The number of halogens is 4. The number of nitrogens with zero attached hydrogens (tertiary/aromatic N) is 2. The number of benzene rings is 2. The standard InChI is InChI=1S/C23H26Cl4N2O2/c24-14-1-5-16(6-2-14)28-18(13-30)9-10-19(28)22(31)20-11-12-21(23(26)27)29(20)17-7-3-15(25)4-8-17/h1-8,18-23,30-31H,9-13H2. The SMILES string of the molecule is OCC1CCC(C(O)C2CCC(C(Cl)Cl)N2c2ccc(Cl)cc2)N1c1ccc(Cl)cc1. The maximum absolute atomic E-state index is 11.6. The summed E-state index contributed by atoms with van der Waals surface area (Å²) in [4.78, 5) is 3.72. The highest BCUT2D eigenvalue weighted by Gasteiger charge is 2.46. The molecule has 2 aliphatic heterocycles. The molecule has 2 heterocycles. The number of rotatable bonds is 6. The van der Waals surface area contributed by atoms with Crippen molar-refractivity contribution in [3.8, 4) is 0 Å². The zero-order valence-electron chi connectivity index (χ0n) is 16.9. The first-order valence-electron chi connectivity index (χ1n) is 10.6. The van der Waals surface area contributed by atoms with Crippen molar-refractivity contribution in [3.63, 3.8) is 0 Å². The number of aliphatic hydroxyl groups is 2. The third-order valence-corrected chi connectivity index (χ3v) is 7.64. The van der Waals surface area contributed by atoms with E-state index in [2.05, 4.69) is 9.80 Å². The van der Waals surface area contributed by atoms with E-state index in [0.29, 0.717) is 10.0 Å². The molecule has 0 bridgehead atoms. The lowest BCUT2D eigenvalue weighted by atomic mass is 9.98. The predicted molar refractivity (Wildman–Crippen MR) is 130 cm³/mol. The van der Waals surface area contributed by atoms with Crippen LogP contribution in [0.25, 0.3) is 0 Å².